The van der Waals surface area contributed by atoms with Crippen molar-refractivity contribution in [3.63, 3.8) is 0 Å². The van der Waals surface area contributed by atoms with Crippen molar-refractivity contribution in [2.24, 2.45) is 5.73 Å². The van der Waals surface area contributed by atoms with E-state index in [0.717, 1.165) is 10.0 Å². The highest BCUT2D eigenvalue weighted by atomic mass is 79.9. The number of ether oxygens (including phenoxy) is 1. The van der Waals surface area contributed by atoms with Crippen molar-refractivity contribution < 1.29 is 4.74 Å². The summed E-state index contributed by atoms with van der Waals surface area (Å²) in [6, 6.07) is 7.44. The molecule has 2 aromatic rings. The Morgan fingerprint density at radius 2 is 2.11 bits per heavy atom. The quantitative estimate of drug-likeness (QED) is 0.914. The lowest BCUT2D eigenvalue weighted by Crippen LogP contribution is -2.04. The number of benzene rings is 1. The average Bonchev–Trinajstić information content (AvgIpc) is 2.31. The van der Waals surface area contributed by atoms with Gasteiger partial charge in [-0.15, -0.1) is 0 Å². The van der Waals surface area contributed by atoms with Crippen LogP contribution < -0.4 is 10.5 Å². The van der Waals surface area contributed by atoms with Crippen molar-refractivity contribution in [1.82, 2.24) is 4.98 Å². The molecule has 0 spiro atoms. The van der Waals surface area contributed by atoms with E-state index in [-0.39, 0.29) is 6.04 Å². The van der Waals surface area contributed by atoms with Gasteiger partial charge in [0, 0.05) is 18.3 Å². The molecule has 0 aliphatic carbocycles. The number of nitrogens with zero attached hydrogens (tertiary/aromatic N) is 1. The van der Waals surface area contributed by atoms with Crippen LogP contribution in [0.1, 0.15) is 18.5 Å². The van der Waals surface area contributed by atoms with Gasteiger partial charge in [-0.2, -0.15) is 0 Å². The molecule has 1 aromatic heterocycles. The summed E-state index contributed by atoms with van der Waals surface area (Å²) in [5.74, 6) is 1.29. The Hall–Kier alpha value is -1.10. The van der Waals surface area contributed by atoms with Gasteiger partial charge in [-0.1, -0.05) is 17.7 Å². The Labute approximate surface area is 119 Å². The largest absolute Gasteiger partial charge is 0.455 e. The van der Waals surface area contributed by atoms with Gasteiger partial charge in [-0.25, -0.2) is 0 Å². The van der Waals surface area contributed by atoms with Gasteiger partial charge >= 0.3 is 0 Å². The summed E-state index contributed by atoms with van der Waals surface area (Å²) in [6.45, 7) is 1.93. The molecule has 0 saturated heterocycles. The van der Waals surface area contributed by atoms with Crippen LogP contribution >= 0.6 is 27.5 Å². The second-order valence-electron chi connectivity index (χ2n) is 3.92. The summed E-state index contributed by atoms with van der Waals surface area (Å²) in [6.07, 6.45) is 3.17. The SMILES string of the molecule is C[C@@H](N)c1ccc(Oc2cncc(Cl)c2)c(Br)c1. The van der Waals surface area contributed by atoms with E-state index in [0.29, 0.717) is 16.5 Å². The van der Waals surface area contributed by atoms with Crippen LogP contribution in [0.15, 0.2) is 41.1 Å². The van der Waals surface area contributed by atoms with Gasteiger partial charge in [-0.3, -0.25) is 4.98 Å². The summed E-state index contributed by atoms with van der Waals surface area (Å²) < 4.78 is 6.53. The first kappa shape index (κ1) is 13.3. The van der Waals surface area contributed by atoms with Gasteiger partial charge in [0.2, 0.25) is 0 Å². The van der Waals surface area contributed by atoms with Gasteiger partial charge in [0.25, 0.3) is 0 Å². The summed E-state index contributed by atoms with van der Waals surface area (Å²) in [5.41, 5.74) is 6.86. The molecule has 0 fully saturated rings. The first-order chi connectivity index (χ1) is 8.56. The highest BCUT2D eigenvalue weighted by Gasteiger charge is 2.07. The maximum absolute atomic E-state index is 5.85. The van der Waals surface area contributed by atoms with Crippen molar-refractivity contribution in [2.75, 3.05) is 0 Å². The van der Waals surface area contributed by atoms with Crippen molar-refractivity contribution >= 4 is 27.5 Å². The third-order valence-corrected chi connectivity index (χ3v) is 3.22. The molecule has 0 aliphatic heterocycles. The number of pyridine rings is 1. The molecule has 0 bridgehead atoms. The maximum atomic E-state index is 5.85. The predicted octanol–water partition coefficient (Wildman–Crippen LogP) is 4.31. The molecule has 3 nitrogen and oxygen atoms in total. The van der Waals surface area contributed by atoms with E-state index in [1.54, 1.807) is 18.5 Å². The van der Waals surface area contributed by atoms with E-state index >= 15 is 0 Å². The van der Waals surface area contributed by atoms with Crippen LogP contribution in [0.2, 0.25) is 5.02 Å². The molecule has 2 rings (SSSR count). The van der Waals surface area contributed by atoms with Gasteiger partial charge in [0.15, 0.2) is 0 Å². The van der Waals surface area contributed by atoms with E-state index < -0.39 is 0 Å². The number of hydrogen-bond acceptors (Lipinski definition) is 3. The van der Waals surface area contributed by atoms with Gasteiger partial charge in [0.05, 0.1) is 15.7 Å². The number of hydrogen-bond donors (Lipinski definition) is 1. The van der Waals surface area contributed by atoms with E-state index in [1.807, 2.05) is 25.1 Å². The lowest BCUT2D eigenvalue weighted by Gasteiger charge is -2.11. The van der Waals surface area contributed by atoms with Crippen molar-refractivity contribution in [1.29, 1.82) is 0 Å². The third kappa shape index (κ3) is 3.22. The minimum atomic E-state index is -0.0109. The Kier molecular flexibility index (Phi) is 4.22. The van der Waals surface area contributed by atoms with E-state index in [1.165, 1.54) is 0 Å². The number of rotatable bonds is 3. The molecule has 94 valence electrons. The van der Waals surface area contributed by atoms with Crippen LogP contribution in [0.25, 0.3) is 0 Å². The lowest BCUT2D eigenvalue weighted by molar-refractivity contribution is 0.477. The molecule has 0 saturated carbocycles. The van der Waals surface area contributed by atoms with Crippen LogP contribution in [0.4, 0.5) is 0 Å². The van der Waals surface area contributed by atoms with Gasteiger partial charge in [0.1, 0.15) is 11.5 Å². The zero-order valence-electron chi connectivity index (χ0n) is 9.73. The molecular formula is C13H12BrClN2O. The monoisotopic (exact) mass is 326 g/mol. The highest BCUT2D eigenvalue weighted by Crippen LogP contribution is 2.32. The summed E-state index contributed by atoms with van der Waals surface area (Å²) >= 11 is 9.30. The van der Waals surface area contributed by atoms with Gasteiger partial charge < -0.3 is 10.5 Å². The van der Waals surface area contributed by atoms with Crippen molar-refractivity contribution in [3.05, 3.63) is 51.7 Å². The predicted molar refractivity (Wildman–Crippen MR) is 76.1 cm³/mol. The standard InChI is InChI=1S/C13H12BrClN2O/c1-8(16)9-2-3-13(12(14)4-9)18-11-5-10(15)6-17-7-11/h2-8H,16H2,1H3/t8-/m1/s1. The molecule has 5 heteroatoms. The summed E-state index contributed by atoms with van der Waals surface area (Å²) in [7, 11) is 0. The summed E-state index contributed by atoms with van der Waals surface area (Å²) in [5, 5.41) is 0.538. The van der Waals surface area contributed by atoms with Crippen LogP contribution in [-0.4, -0.2) is 4.98 Å². The fourth-order valence-electron chi connectivity index (χ4n) is 1.46. The molecule has 2 N–H and O–H groups in total. The second-order valence-corrected chi connectivity index (χ2v) is 5.21. The molecule has 0 aliphatic rings. The minimum Gasteiger partial charge on any atom is -0.455 e. The number of aromatic nitrogens is 1. The fourth-order valence-corrected chi connectivity index (χ4v) is 2.10. The number of nitrogens with two attached hydrogens (primary N) is 1. The summed E-state index contributed by atoms with van der Waals surface area (Å²) in [4.78, 5) is 3.96. The Bertz CT molecular complexity index is 560. The zero-order valence-corrected chi connectivity index (χ0v) is 12.1. The Balaban J connectivity index is 2.24. The molecular weight excluding hydrogens is 316 g/mol. The maximum Gasteiger partial charge on any atom is 0.147 e. The fraction of sp³-hybridized carbons (Fsp3) is 0.154. The minimum absolute atomic E-state index is 0.0109. The molecule has 18 heavy (non-hydrogen) atoms. The lowest BCUT2D eigenvalue weighted by atomic mass is 10.1. The third-order valence-electron chi connectivity index (χ3n) is 2.39. The molecule has 1 heterocycles. The molecule has 0 amide bonds. The Morgan fingerprint density at radius 3 is 2.72 bits per heavy atom. The molecule has 1 atom stereocenters. The van der Waals surface area contributed by atoms with E-state index in [4.69, 9.17) is 22.1 Å². The first-order valence-corrected chi connectivity index (χ1v) is 6.57. The van der Waals surface area contributed by atoms with E-state index in [9.17, 15) is 0 Å². The number of halogens is 2. The first-order valence-electron chi connectivity index (χ1n) is 5.39. The normalized spacial score (nSPS) is 12.2. The van der Waals surface area contributed by atoms with Gasteiger partial charge in [-0.05, 0) is 40.5 Å². The van der Waals surface area contributed by atoms with Crippen LogP contribution in [0.3, 0.4) is 0 Å². The highest BCUT2D eigenvalue weighted by molar-refractivity contribution is 9.10. The van der Waals surface area contributed by atoms with Crippen LogP contribution in [0.5, 0.6) is 11.5 Å². The van der Waals surface area contributed by atoms with E-state index in [2.05, 4.69) is 20.9 Å². The van der Waals surface area contributed by atoms with Crippen LogP contribution in [0, 0.1) is 0 Å². The molecule has 0 unspecified atom stereocenters. The second kappa shape index (κ2) is 5.69. The molecule has 0 radical (unpaired) electrons. The van der Waals surface area contributed by atoms with Crippen molar-refractivity contribution in [2.45, 2.75) is 13.0 Å². The molecule has 1 aromatic carbocycles. The Morgan fingerprint density at radius 1 is 1.33 bits per heavy atom. The topological polar surface area (TPSA) is 48.1 Å². The zero-order chi connectivity index (χ0) is 13.1. The smallest absolute Gasteiger partial charge is 0.147 e. The average molecular weight is 328 g/mol. The van der Waals surface area contributed by atoms with Crippen LogP contribution in [-0.2, 0) is 0 Å². The van der Waals surface area contributed by atoms with Crippen molar-refractivity contribution in [3.8, 4) is 11.5 Å².